The summed E-state index contributed by atoms with van der Waals surface area (Å²) in [5, 5.41) is 11.1. The van der Waals surface area contributed by atoms with Crippen LogP contribution in [0, 0.1) is 42.2 Å². The molecule has 1 aliphatic heterocycles. The van der Waals surface area contributed by atoms with Crippen molar-refractivity contribution < 1.29 is 9.72 Å². The minimum Gasteiger partial charge on any atom is -0.305 e. The Balaban J connectivity index is 2.50. The molecule has 98 valence electrons. The van der Waals surface area contributed by atoms with E-state index in [1.54, 1.807) is 6.07 Å². The predicted molar refractivity (Wildman–Crippen MR) is 71.9 cm³/mol. The maximum atomic E-state index is 11.9. The molecule has 0 N–H and O–H groups in total. The maximum absolute atomic E-state index is 11.9. The van der Waals surface area contributed by atoms with E-state index in [1.807, 2.05) is 13.8 Å². The molecular formula is C14H14N2O3. The van der Waals surface area contributed by atoms with Gasteiger partial charge in [-0.2, -0.15) is 0 Å². The fourth-order valence-corrected chi connectivity index (χ4v) is 2.20. The normalized spacial score (nSPS) is 18.5. The highest BCUT2D eigenvalue weighted by Crippen LogP contribution is 2.34. The monoisotopic (exact) mass is 258 g/mol. The number of aryl methyl sites for hydroxylation is 2. The summed E-state index contributed by atoms with van der Waals surface area (Å²) in [4.78, 5) is 24.0. The lowest BCUT2D eigenvalue weighted by Gasteiger charge is -2.17. The average molecular weight is 258 g/mol. The molecule has 1 amide bonds. The Kier molecular flexibility index (Phi) is 3.26. The second kappa shape index (κ2) is 4.73. The first-order valence-electron chi connectivity index (χ1n) is 5.96. The highest BCUT2D eigenvalue weighted by Gasteiger charge is 2.33. The first-order chi connectivity index (χ1) is 8.93. The first-order valence-corrected chi connectivity index (χ1v) is 5.96. The van der Waals surface area contributed by atoms with Gasteiger partial charge in [-0.15, -0.1) is 12.3 Å². The number of carbonyl (C=O) groups excluding carboxylic acids is 1. The number of nitro benzene ring substituents is 1. The molecule has 0 bridgehead atoms. The zero-order valence-corrected chi connectivity index (χ0v) is 10.8. The summed E-state index contributed by atoms with van der Waals surface area (Å²) in [7, 11) is 0. The molecular weight excluding hydrogens is 244 g/mol. The lowest BCUT2D eigenvalue weighted by atomic mass is 10.1. The van der Waals surface area contributed by atoms with E-state index in [0.29, 0.717) is 12.2 Å². The van der Waals surface area contributed by atoms with Crippen molar-refractivity contribution in [2.24, 2.45) is 5.92 Å². The molecule has 2 rings (SSSR count). The van der Waals surface area contributed by atoms with Crippen LogP contribution in [0.15, 0.2) is 12.1 Å². The lowest BCUT2D eigenvalue weighted by molar-refractivity contribution is -0.384. The standard InChI is InChI=1S/C14H14N2O3/c1-4-11-7-14(17)15(8-11)12-5-9(2)10(3)6-13(12)16(18)19/h1,5-6,11H,7-8H2,2-3H3. The Labute approximate surface area is 111 Å². The minimum absolute atomic E-state index is 0.0471. The quantitative estimate of drug-likeness (QED) is 0.464. The van der Waals surface area contributed by atoms with Crippen molar-refractivity contribution in [3.63, 3.8) is 0 Å². The average Bonchev–Trinajstić information content (AvgIpc) is 2.73. The predicted octanol–water partition coefficient (Wildman–Crippen LogP) is 2.20. The first kappa shape index (κ1) is 13.1. The van der Waals surface area contributed by atoms with Crippen LogP contribution >= 0.6 is 0 Å². The molecule has 0 radical (unpaired) electrons. The van der Waals surface area contributed by atoms with Gasteiger partial charge in [0, 0.05) is 24.9 Å². The van der Waals surface area contributed by atoms with Gasteiger partial charge in [0.1, 0.15) is 5.69 Å². The molecule has 5 nitrogen and oxygen atoms in total. The summed E-state index contributed by atoms with van der Waals surface area (Å²) in [6.45, 7) is 4.02. The number of amides is 1. The summed E-state index contributed by atoms with van der Waals surface area (Å²) in [6, 6.07) is 3.19. The fourth-order valence-electron chi connectivity index (χ4n) is 2.20. The van der Waals surface area contributed by atoms with Crippen molar-refractivity contribution in [3.05, 3.63) is 33.4 Å². The number of nitrogens with zero attached hydrogens (tertiary/aromatic N) is 2. The molecule has 1 aliphatic rings. The lowest BCUT2D eigenvalue weighted by Crippen LogP contribution is -2.25. The van der Waals surface area contributed by atoms with Crippen LogP contribution < -0.4 is 4.90 Å². The van der Waals surface area contributed by atoms with Gasteiger partial charge in [-0.1, -0.05) is 0 Å². The van der Waals surface area contributed by atoms with Gasteiger partial charge in [0.2, 0.25) is 5.91 Å². The number of nitro groups is 1. The van der Waals surface area contributed by atoms with E-state index in [2.05, 4.69) is 5.92 Å². The third-order valence-electron chi connectivity index (χ3n) is 3.44. The Morgan fingerprint density at radius 2 is 2.05 bits per heavy atom. The van der Waals surface area contributed by atoms with Crippen molar-refractivity contribution in [1.29, 1.82) is 0 Å². The van der Waals surface area contributed by atoms with E-state index in [1.165, 1.54) is 11.0 Å². The topological polar surface area (TPSA) is 63.5 Å². The van der Waals surface area contributed by atoms with E-state index >= 15 is 0 Å². The van der Waals surface area contributed by atoms with Crippen LogP contribution in [0.3, 0.4) is 0 Å². The number of benzene rings is 1. The summed E-state index contributed by atoms with van der Waals surface area (Å²) in [6.07, 6.45) is 5.58. The number of carbonyl (C=O) groups is 1. The Morgan fingerprint density at radius 3 is 2.58 bits per heavy atom. The largest absolute Gasteiger partial charge is 0.305 e. The zero-order chi connectivity index (χ0) is 14.2. The molecule has 1 heterocycles. The third-order valence-corrected chi connectivity index (χ3v) is 3.44. The van der Waals surface area contributed by atoms with Crippen LogP contribution in [-0.4, -0.2) is 17.4 Å². The van der Waals surface area contributed by atoms with Crippen molar-refractivity contribution in [2.45, 2.75) is 20.3 Å². The van der Waals surface area contributed by atoms with Gasteiger partial charge < -0.3 is 4.90 Å². The summed E-state index contributed by atoms with van der Waals surface area (Å²) in [5.74, 6) is 2.21. The van der Waals surface area contributed by atoms with Crippen molar-refractivity contribution >= 4 is 17.3 Å². The summed E-state index contributed by atoms with van der Waals surface area (Å²) >= 11 is 0. The minimum atomic E-state index is -0.460. The summed E-state index contributed by atoms with van der Waals surface area (Å²) in [5.41, 5.74) is 2.04. The Morgan fingerprint density at radius 1 is 1.42 bits per heavy atom. The molecule has 1 atom stereocenters. The van der Waals surface area contributed by atoms with Gasteiger partial charge in [-0.25, -0.2) is 0 Å². The molecule has 1 fully saturated rings. The molecule has 1 unspecified atom stereocenters. The van der Waals surface area contributed by atoms with E-state index in [-0.39, 0.29) is 23.9 Å². The van der Waals surface area contributed by atoms with E-state index in [9.17, 15) is 14.9 Å². The summed E-state index contributed by atoms with van der Waals surface area (Å²) < 4.78 is 0. The number of rotatable bonds is 2. The van der Waals surface area contributed by atoms with Crippen molar-refractivity contribution in [3.8, 4) is 12.3 Å². The molecule has 0 aromatic heterocycles. The molecule has 0 saturated carbocycles. The number of hydrogen-bond donors (Lipinski definition) is 0. The van der Waals surface area contributed by atoms with Crippen molar-refractivity contribution in [1.82, 2.24) is 0 Å². The van der Waals surface area contributed by atoms with Crippen LogP contribution in [0.4, 0.5) is 11.4 Å². The second-order valence-corrected chi connectivity index (χ2v) is 4.75. The third kappa shape index (κ3) is 2.29. The highest BCUT2D eigenvalue weighted by atomic mass is 16.6. The van der Waals surface area contributed by atoms with Crippen molar-refractivity contribution in [2.75, 3.05) is 11.4 Å². The van der Waals surface area contributed by atoms with Gasteiger partial charge in [-0.3, -0.25) is 14.9 Å². The SMILES string of the molecule is C#CC1CC(=O)N(c2cc(C)c(C)cc2[N+](=O)[O-])C1. The molecule has 1 saturated heterocycles. The van der Waals surface area contributed by atoms with Crippen LogP contribution in [0.25, 0.3) is 0 Å². The Bertz CT molecular complexity index is 601. The van der Waals surface area contributed by atoms with E-state index < -0.39 is 4.92 Å². The van der Waals surface area contributed by atoms with Gasteiger partial charge >= 0.3 is 0 Å². The molecule has 19 heavy (non-hydrogen) atoms. The van der Waals surface area contributed by atoms with Gasteiger partial charge in [0.05, 0.1) is 4.92 Å². The maximum Gasteiger partial charge on any atom is 0.293 e. The van der Waals surface area contributed by atoms with E-state index in [0.717, 1.165) is 11.1 Å². The van der Waals surface area contributed by atoms with Gasteiger partial charge in [0.15, 0.2) is 0 Å². The second-order valence-electron chi connectivity index (χ2n) is 4.75. The number of terminal acetylenes is 1. The van der Waals surface area contributed by atoms with Crippen LogP contribution in [0.2, 0.25) is 0 Å². The molecule has 5 heteroatoms. The highest BCUT2D eigenvalue weighted by molar-refractivity contribution is 5.98. The molecule has 0 aliphatic carbocycles. The van der Waals surface area contributed by atoms with Gasteiger partial charge in [0.25, 0.3) is 5.69 Å². The smallest absolute Gasteiger partial charge is 0.293 e. The number of hydrogen-bond acceptors (Lipinski definition) is 3. The van der Waals surface area contributed by atoms with Crippen LogP contribution in [0.1, 0.15) is 17.5 Å². The zero-order valence-electron chi connectivity index (χ0n) is 10.8. The molecule has 1 aromatic carbocycles. The van der Waals surface area contributed by atoms with Crippen LogP contribution in [-0.2, 0) is 4.79 Å². The van der Waals surface area contributed by atoms with Gasteiger partial charge in [-0.05, 0) is 31.0 Å². The molecule has 1 aromatic rings. The van der Waals surface area contributed by atoms with Crippen LogP contribution in [0.5, 0.6) is 0 Å². The molecule has 0 spiro atoms. The van der Waals surface area contributed by atoms with E-state index in [4.69, 9.17) is 6.42 Å². The Hall–Kier alpha value is -2.35. The fraction of sp³-hybridized carbons (Fsp3) is 0.357. The number of anilines is 1.